The SMILES string of the molecule is C[C@@H](OC(=O)c1cccnc1Cl)c1ccccn1. The van der Waals surface area contributed by atoms with Crippen molar-refractivity contribution in [2.24, 2.45) is 0 Å². The summed E-state index contributed by atoms with van der Waals surface area (Å²) in [6, 6.07) is 8.64. The fourth-order valence-corrected chi connectivity index (χ4v) is 1.64. The number of hydrogen-bond donors (Lipinski definition) is 0. The summed E-state index contributed by atoms with van der Waals surface area (Å²) < 4.78 is 5.28. The summed E-state index contributed by atoms with van der Waals surface area (Å²) in [6.07, 6.45) is 2.73. The van der Waals surface area contributed by atoms with E-state index in [2.05, 4.69) is 9.97 Å². The number of ether oxygens (including phenoxy) is 1. The predicted octanol–water partition coefficient (Wildman–Crippen LogP) is 3.05. The van der Waals surface area contributed by atoms with Crippen LogP contribution in [0.5, 0.6) is 0 Å². The first kappa shape index (κ1) is 12.5. The van der Waals surface area contributed by atoms with Crippen molar-refractivity contribution in [2.45, 2.75) is 13.0 Å². The topological polar surface area (TPSA) is 52.1 Å². The molecule has 2 rings (SSSR count). The summed E-state index contributed by atoms with van der Waals surface area (Å²) >= 11 is 5.82. The van der Waals surface area contributed by atoms with Crippen molar-refractivity contribution in [3.63, 3.8) is 0 Å². The van der Waals surface area contributed by atoms with Crippen LogP contribution in [0.2, 0.25) is 5.15 Å². The molecule has 0 N–H and O–H groups in total. The van der Waals surface area contributed by atoms with Crippen molar-refractivity contribution >= 4 is 17.6 Å². The first-order valence-electron chi connectivity index (χ1n) is 5.41. The fraction of sp³-hybridized carbons (Fsp3) is 0.154. The normalized spacial score (nSPS) is 11.9. The van der Waals surface area contributed by atoms with Crippen LogP contribution in [0, 0.1) is 0 Å². The van der Waals surface area contributed by atoms with Gasteiger partial charge in [-0.25, -0.2) is 9.78 Å². The highest BCUT2D eigenvalue weighted by Crippen LogP contribution is 2.19. The van der Waals surface area contributed by atoms with Gasteiger partial charge in [-0.05, 0) is 31.2 Å². The molecule has 18 heavy (non-hydrogen) atoms. The molecule has 0 amide bonds. The molecule has 2 heterocycles. The third-order valence-corrected chi connectivity index (χ3v) is 2.67. The molecule has 0 bridgehead atoms. The lowest BCUT2D eigenvalue weighted by molar-refractivity contribution is 0.0329. The van der Waals surface area contributed by atoms with Crippen LogP contribution in [0.3, 0.4) is 0 Å². The van der Waals surface area contributed by atoms with Crippen molar-refractivity contribution in [1.29, 1.82) is 0 Å². The number of carbonyl (C=O) groups is 1. The second kappa shape index (κ2) is 5.60. The van der Waals surface area contributed by atoms with Crippen molar-refractivity contribution in [2.75, 3.05) is 0 Å². The van der Waals surface area contributed by atoms with Gasteiger partial charge in [0.1, 0.15) is 11.3 Å². The number of pyridine rings is 2. The number of esters is 1. The molecule has 0 saturated carbocycles. The Morgan fingerprint density at radius 2 is 2.00 bits per heavy atom. The minimum Gasteiger partial charge on any atom is -0.452 e. The van der Waals surface area contributed by atoms with Gasteiger partial charge in [-0.2, -0.15) is 0 Å². The Morgan fingerprint density at radius 3 is 2.67 bits per heavy atom. The average molecular weight is 263 g/mol. The van der Waals surface area contributed by atoms with Gasteiger partial charge in [0, 0.05) is 12.4 Å². The highest BCUT2D eigenvalue weighted by Gasteiger charge is 2.17. The van der Waals surface area contributed by atoms with E-state index in [1.807, 2.05) is 6.07 Å². The molecule has 0 radical (unpaired) electrons. The van der Waals surface area contributed by atoms with Gasteiger partial charge >= 0.3 is 5.97 Å². The second-order valence-electron chi connectivity index (χ2n) is 3.64. The lowest BCUT2D eigenvalue weighted by atomic mass is 10.2. The predicted molar refractivity (Wildman–Crippen MR) is 67.3 cm³/mol. The minimum absolute atomic E-state index is 0.135. The number of carbonyl (C=O) groups excluding carboxylic acids is 1. The standard InChI is InChI=1S/C13H11ClN2O2/c1-9(11-6-2-3-7-15-11)18-13(17)10-5-4-8-16-12(10)14/h2-9H,1H3/t9-/m1/s1. The third-order valence-electron chi connectivity index (χ3n) is 2.37. The fourth-order valence-electron chi connectivity index (χ4n) is 1.44. The first-order valence-corrected chi connectivity index (χ1v) is 5.78. The zero-order valence-electron chi connectivity index (χ0n) is 9.71. The van der Waals surface area contributed by atoms with Crippen molar-refractivity contribution < 1.29 is 9.53 Å². The van der Waals surface area contributed by atoms with Gasteiger partial charge in [-0.3, -0.25) is 4.98 Å². The smallest absolute Gasteiger partial charge is 0.341 e. The quantitative estimate of drug-likeness (QED) is 0.630. The molecular formula is C13H11ClN2O2. The number of nitrogens with zero attached hydrogens (tertiary/aromatic N) is 2. The van der Waals surface area contributed by atoms with Gasteiger partial charge in [0.2, 0.25) is 0 Å². The molecule has 5 heteroatoms. The Kier molecular flexibility index (Phi) is 3.89. The largest absolute Gasteiger partial charge is 0.452 e. The van der Waals surface area contributed by atoms with E-state index in [1.54, 1.807) is 37.4 Å². The van der Waals surface area contributed by atoms with E-state index in [0.717, 1.165) is 0 Å². The highest BCUT2D eigenvalue weighted by atomic mass is 35.5. The van der Waals surface area contributed by atoms with Crippen LogP contribution in [0.25, 0.3) is 0 Å². The highest BCUT2D eigenvalue weighted by molar-refractivity contribution is 6.32. The second-order valence-corrected chi connectivity index (χ2v) is 4.00. The maximum absolute atomic E-state index is 11.9. The monoisotopic (exact) mass is 262 g/mol. The van der Waals surface area contributed by atoms with E-state index in [9.17, 15) is 4.79 Å². The zero-order chi connectivity index (χ0) is 13.0. The van der Waals surface area contributed by atoms with Crippen LogP contribution in [0.15, 0.2) is 42.7 Å². The van der Waals surface area contributed by atoms with Gasteiger partial charge in [-0.1, -0.05) is 17.7 Å². The molecule has 0 aliphatic heterocycles. The van der Waals surface area contributed by atoms with E-state index in [1.165, 1.54) is 6.20 Å². The first-order chi connectivity index (χ1) is 8.68. The van der Waals surface area contributed by atoms with Crippen LogP contribution in [-0.4, -0.2) is 15.9 Å². The van der Waals surface area contributed by atoms with E-state index in [4.69, 9.17) is 16.3 Å². The van der Waals surface area contributed by atoms with Gasteiger partial charge in [-0.15, -0.1) is 0 Å². The summed E-state index contributed by atoms with van der Waals surface area (Å²) in [5, 5.41) is 0.135. The average Bonchev–Trinajstić information content (AvgIpc) is 2.40. The summed E-state index contributed by atoms with van der Waals surface area (Å²) in [6.45, 7) is 1.75. The summed E-state index contributed by atoms with van der Waals surface area (Å²) in [5.74, 6) is -0.508. The molecule has 92 valence electrons. The van der Waals surface area contributed by atoms with Gasteiger partial charge < -0.3 is 4.74 Å². The maximum Gasteiger partial charge on any atom is 0.341 e. The Bertz CT molecular complexity index is 546. The van der Waals surface area contributed by atoms with Gasteiger partial charge in [0.15, 0.2) is 0 Å². The summed E-state index contributed by atoms with van der Waals surface area (Å²) in [5.41, 5.74) is 0.938. The maximum atomic E-state index is 11.9. The number of hydrogen-bond acceptors (Lipinski definition) is 4. The lowest BCUT2D eigenvalue weighted by Gasteiger charge is -2.12. The molecule has 1 atom stereocenters. The molecule has 0 saturated heterocycles. The molecule has 0 spiro atoms. The van der Waals surface area contributed by atoms with E-state index < -0.39 is 12.1 Å². The van der Waals surface area contributed by atoms with Crippen LogP contribution >= 0.6 is 11.6 Å². The molecule has 0 fully saturated rings. The Labute approximate surface area is 110 Å². The van der Waals surface area contributed by atoms with Crippen LogP contribution in [0.4, 0.5) is 0 Å². The number of halogens is 1. The number of aromatic nitrogens is 2. The Hall–Kier alpha value is -1.94. The molecular weight excluding hydrogens is 252 g/mol. The molecule has 0 aliphatic carbocycles. The molecule has 0 unspecified atom stereocenters. The third kappa shape index (κ3) is 2.84. The Balaban J connectivity index is 2.11. The van der Waals surface area contributed by atoms with E-state index in [-0.39, 0.29) is 10.7 Å². The molecule has 2 aromatic rings. The summed E-state index contributed by atoms with van der Waals surface area (Å²) in [7, 11) is 0. The Morgan fingerprint density at radius 1 is 1.22 bits per heavy atom. The van der Waals surface area contributed by atoms with Crippen molar-refractivity contribution in [3.05, 3.63) is 59.1 Å². The van der Waals surface area contributed by atoms with Gasteiger partial charge in [0.25, 0.3) is 0 Å². The van der Waals surface area contributed by atoms with E-state index >= 15 is 0 Å². The van der Waals surface area contributed by atoms with Gasteiger partial charge in [0.05, 0.1) is 11.3 Å². The molecule has 2 aromatic heterocycles. The van der Waals surface area contributed by atoms with E-state index in [0.29, 0.717) is 5.69 Å². The molecule has 0 aromatic carbocycles. The molecule has 4 nitrogen and oxygen atoms in total. The van der Waals surface area contributed by atoms with Crippen LogP contribution in [-0.2, 0) is 4.74 Å². The van der Waals surface area contributed by atoms with Crippen molar-refractivity contribution in [1.82, 2.24) is 9.97 Å². The molecule has 0 aliphatic rings. The summed E-state index contributed by atoms with van der Waals surface area (Å²) in [4.78, 5) is 19.8. The lowest BCUT2D eigenvalue weighted by Crippen LogP contribution is -2.11. The number of rotatable bonds is 3. The van der Waals surface area contributed by atoms with Crippen molar-refractivity contribution in [3.8, 4) is 0 Å². The van der Waals surface area contributed by atoms with Crippen LogP contribution in [0.1, 0.15) is 29.1 Å². The van der Waals surface area contributed by atoms with Crippen LogP contribution < -0.4 is 0 Å². The minimum atomic E-state index is -0.508. The zero-order valence-corrected chi connectivity index (χ0v) is 10.5.